The molecule has 0 bridgehead atoms. The number of carbonyl (C=O) groups is 1. The molecule has 4 rings (SSSR count). The minimum Gasteiger partial charge on any atom is -0.356 e. The van der Waals surface area contributed by atoms with Crippen molar-refractivity contribution < 1.29 is 4.79 Å². The minimum absolute atomic E-state index is 0.0281. The van der Waals surface area contributed by atoms with E-state index in [0.717, 1.165) is 29.9 Å². The number of hydrogen-bond donors (Lipinski definition) is 1. The summed E-state index contributed by atoms with van der Waals surface area (Å²) in [5, 5.41) is 1.15. The second kappa shape index (κ2) is 7.78. The summed E-state index contributed by atoms with van der Waals surface area (Å²) in [5.74, 6) is 0.0867. The Labute approximate surface area is 168 Å². The normalized spacial score (nSPS) is 15.1. The van der Waals surface area contributed by atoms with Crippen LogP contribution in [0.15, 0.2) is 53.3 Å². The highest BCUT2D eigenvalue weighted by Crippen LogP contribution is 2.20. The molecule has 0 aliphatic carbocycles. The summed E-state index contributed by atoms with van der Waals surface area (Å²) >= 11 is 6.24. The van der Waals surface area contributed by atoms with Crippen molar-refractivity contribution in [1.29, 1.82) is 0 Å². The van der Waals surface area contributed by atoms with Crippen LogP contribution in [-0.4, -0.2) is 46.9 Å². The van der Waals surface area contributed by atoms with Crippen LogP contribution in [0.4, 0.5) is 0 Å². The van der Waals surface area contributed by atoms with Crippen molar-refractivity contribution in [1.82, 2.24) is 14.8 Å². The third kappa shape index (κ3) is 3.68. The van der Waals surface area contributed by atoms with Crippen LogP contribution in [-0.2, 0) is 6.54 Å². The molecule has 3 aromatic rings. The van der Waals surface area contributed by atoms with Gasteiger partial charge in [-0.25, -0.2) is 0 Å². The van der Waals surface area contributed by atoms with E-state index in [0.29, 0.717) is 35.6 Å². The molecule has 0 atom stereocenters. The van der Waals surface area contributed by atoms with Crippen molar-refractivity contribution in [3.8, 4) is 0 Å². The fourth-order valence-corrected chi connectivity index (χ4v) is 3.93. The van der Waals surface area contributed by atoms with Crippen molar-refractivity contribution >= 4 is 28.4 Å². The number of carbonyl (C=O) groups excluding carboxylic acids is 1. The Bertz CT molecular complexity index is 1080. The van der Waals surface area contributed by atoms with Gasteiger partial charge in [-0.3, -0.25) is 14.5 Å². The number of rotatable bonds is 3. The Hall–Kier alpha value is -2.63. The molecule has 144 valence electrons. The molecule has 0 unspecified atom stereocenters. The molecule has 0 saturated carbocycles. The average molecular weight is 396 g/mol. The van der Waals surface area contributed by atoms with E-state index in [2.05, 4.69) is 9.88 Å². The molecule has 28 heavy (non-hydrogen) atoms. The fourth-order valence-electron chi connectivity index (χ4n) is 3.71. The van der Waals surface area contributed by atoms with Crippen LogP contribution in [0.3, 0.4) is 0 Å². The van der Waals surface area contributed by atoms with E-state index in [9.17, 15) is 9.59 Å². The van der Waals surface area contributed by atoms with Gasteiger partial charge in [0.15, 0.2) is 5.43 Å². The van der Waals surface area contributed by atoms with Gasteiger partial charge in [-0.1, -0.05) is 35.9 Å². The molecule has 1 amide bonds. The molecular weight excluding hydrogens is 374 g/mol. The number of halogens is 1. The second-order valence-corrected chi connectivity index (χ2v) is 7.61. The Morgan fingerprint density at radius 3 is 2.57 bits per heavy atom. The lowest BCUT2D eigenvalue weighted by atomic mass is 10.1. The molecule has 1 aliphatic rings. The number of aryl methyl sites for hydroxylation is 1. The summed E-state index contributed by atoms with van der Waals surface area (Å²) in [5.41, 5.74) is 3.26. The number of piperazine rings is 1. The largest absolute Gasteiger partial charge is 0.356 e. The zero-order chi connectivity index (χ0) is 19.7. The van der Waals surface area contributed by atoms with Gasteiger partial charge in [0.25, 0.3) is 5.91 Å². The number of aromatic amines is 1. The molecule has 6 heteroatoms. The van der Waals surface area contributed by atoms with Crippen LogP contribution in [0.25, 0.3) is 10.9 Å². The Kier molecular flexibility index (Phi) is 5.20. The zero-order valence-electron chi connectivity index (χ0n) is 15.7. The van der Waals surface area contributed by atoms with E-state index < -0.39 is 0 Å². The Morgan fingerprint density at radius 1 is 1.07 bits per heavy atom. The zero-order valence-corrected chi connectivity index (χ0v) is 16.5. The summed E-state index contributed by atoms with van der Waals surface area (Å²) in [4.78, 5) is 32.6. The van der Waals surface area contributed by atoms with Crippen molar-refractivity contribution in [2.75, 3.05) is 26.2 Å². The van der Waals surface area contributed by atoms with Crippen molar-refractivity contribution in [3.63, 3.8) is 0 Å². The van der Waals surface area contributed by atoms with Gasteiger partial charge in [-0.05, 0) is 30.7 Å². The highest BCUT2D eigenvalue weighted by Gasteiger charge is 2.23. The minimum atomic E-state index is -0.0281. The van der Waals surface area contributed by atoms with E-state index in [4.69, 9.17) is 11.6 Å². The van der Waals surface area contributed by atoms with Crippen LogP contribution in [0, 0.1) is 6.92 Å². The molecule has 2 aromatic carbocycles. The number of amides is 1. The highest BCUT2D eigenvalue weighted by atomic mass is 35.5. The molecule has 2 heterocycles. The van der Waals surface area contributed by atoms with E-state index in [1.165, 1.54) is 0 Å². The molecule has 0 spiro atoms. The second-order valence-electron chi connectivity index (χ2n) is 7.20. The van der Waals surface area contributed by atoms with Gasteiger partial charge in [-0.2, -0.15) is 0 Å². The quantitative estimate of drug-likeness (QED) is 0.739. The number of hydrogen-bond acceptors (Lipinski definition) is 3. The van der Waals surface area contributed by atoms with Gasteiger partial charge in [0, 0.05) is 55.4 Å². The summed E-state index contributed by atoms with van der Waals surface area (Å²) in [6.07, 6.45) is 0. The molecule has 5 nitrogen and oxygen atoms in total. The van der Waals surface area contributed by atoms with Gasteiger partial charge >= 0.3 is 0 Å². The predicted molar refractivity (Wildman–Crippen MR) is 112 cm³/mol. The number of H-pyrrole nitrogens is 1. The maximum atomic E-state index is 12.8. The molecule has 1 aromatic heterocycles. The third-order valence-corrected chi connectivity index (χ3v) is 5.61. The highest BCUT2D eigenvalue weighted by molar-refractivity contribution is 6.35. The number of para-hydroxylation sites is 1. The van der Waals surface area contributed by atoms with Crippen LogP contribution in [0.5, 0.6) is 0 Å². The lowest BCUT2D eigenvalue weighted by molar-refractivity contribution is 0.0626. The first-order chi connectivity index (χ1) is 13.5. The van der Waals surface area contributed by atoms with Crippen LogP contribution < -0.4 is 5.43 Å². The van der Waals surface area contributed by atoms with Gasteiger partial charge in [0.2, 0.25) is 0 Å². The smallest absolute Gasteiger partial charge is 0.254 e. The first-order valence-electron chi connectivity index (χ1n) is 9.40. The van der Waals surface area contributed by atoms with Gasteiger partial charge in [0.1, 0.15) is 0 Å². The number of aromatic nitrogens is 1. The summed E-state index contributed by atoms with van der Waals surface area (Å²) in [6.45, 7) is 5.46. The van der Waals surface area contributed by atoms with Crippen LogP contribution in [0.2, 0.25) is 5.02 Å². The van der Waals surface area contributed by atoms with E-state index in [-0.39, 0.29) is 11.3 Å². The summed E-state index contributed by atoms with van der Waals surface area (Å²) in [7, 11) is 0. The number of nitrogens with zero attached hydrogens (tertiary/aromatic N) is 2. The SMILES string of the molecule is Cc1ccccc1C(=O)N1CCN(Cc2cc(=O)c3cccc(Cl)c3[nH]2)CC1. The predicted octanol–water partition coefficient (Wildman–Crippen LogP) is 3.45. The first-order valence-corrected chi connectivity index (χ1v) is 9.78. The van der Waals surface area contributed by atoms with E-state index in [1.807, 2.05) is 36.1 Å². The van der Waals surface area contributed by atoms with Crippen LogP contribution >= 0.6 is 11.6 Å². The number of nitrogens with one attached hydrogen (secondary N) is 1. The first kappa shape index (κ1) is 18.7. The fraction of sp³-hybridized carbons (Fsp3) is 0.273. The van der Waals surface area contributed by atoms with Gasteiger partial charge in [0.05, 0.1) is 10.5 Å². The monoisotopic (exact) mass is 395 g/mol. The Balaban J connectivity index is 1.44. The van der Waals surface area contributed by atoms with Crippen molar-refractivity contribution in [2.24, 2.45) is 0 Å². The Morgan fingerprint density at radius 2 is 1.82 bits per heavy atom. The number of pyridine rings is 1. The van der Waals surface area contributed by atoms with E-state index in [1.54, 1.807) is 24.3 Å². The molecule has 1 fully saturated rings. The summed E-state index contributed by atoms with van der Waals surface area (Å²) < 4.78 is 0. The lowest BCUT2D eigenvalue weighted by Gasteiger charge is -2.35. The van der Waals surface area contributed by atoms with Gasteiger partial charge < -0.3 is 9.88 Å². The van der Waals surface area contributed by atoms with Gasteiger partial charge in [-0.15, -0.1) is 0 Å². The topological polar surface area (TPSA) is 56.4 Å². The molecular formula is C22H22ClN3O2. The lowest BCUT2D eigenvalue weighted by Crippen LogP contribution is -2.48. The van der Waals surface area contributed by atoms with Crippen molar-refractivity contribution in [3.05, 3.63) is 80.6 Å². The van der Waals surface area contributed by atoms with Crippen molar-refractivity contribution in [2.45, 2.75) is 13.5 Å². The molecule has 1 saturated heterocycles. The maximum Gasteiger partial charge on any atom is 0.254 e. The maximum absolute atomic E-state index is 12.8. The molecule has 0 radical (unpaired) electrons. The molecule has 1 aliphatic heterocycles. The van der Waals surface area contributed by atoms with Crippen LogP contribution in [0.1, 0.15) is 21.6 Å². The molecule has 1 N–H and O–H groups in total. The third-order valence-electron chi connectivity index (χ3n) is 5.30. The van der Waals surface area contributed by atoms with E-state index >= 15 is 0 Å². The number of fused-ring (bicyclic) bond motifs is 1. The standard InChI is InChI=1S/C22H22ClN3O2/c1-15-5-2-3-6-17(15)22(28)26-11-9-25(10-12-26)14-16-13-20(27)18-7-4-8-19(23)21(18)24-16/h2-8,13H,9-12,14H2,1H3,(H,24,27). The number of benzene rings is 2. The summed E-state index contributed by atoms with van der Waals surface area (Å²) in [6, 6.07) is 14.7. The average Bonchev–Trinajstić information content (AvgIpc) is 2.69.